The van der Waals surface area contributed by atoms with Gasteiger partial charge in [-0.05, 0) is 6.07 Å². The van der Waals surface area contributed by atoms with Gasteiger partial charge in [0.2, 0.25) is 0 Å². The Bertz CT molecular complexity index is 267. The minimum absolute atomic E-state index is 0.816. The summed E-state index contributed by atoms with van der Waals surface area (Å²) in [6.45, 7) is 0.816. The Morgan fingerprint density at radius 2 is 2.50 bits per heavy atom. The monoisotopic (exact) mass is 133 g/mol. The lowest BCUT2D eigenvalue weighted by Crippen LogP contribution is -2.06. The van der Waals surface area contributed by atoms with E-state index in [1.54, 1.807) is 12.4 Å². The van der Waals surface area contributed by atoms with Crippen LogP contribution in [-0.2, 0) is 0 Å². The van der Waals surface area contributed by atoms with Crippen molar-refractivity contribution in [2.75, 3.05) is 11.9 Å². The Kier molecular flexibility index (Phi) is 1.13. The van der Waals surface area contributed by atoms with Gasteiger partial charge in [0.15, 0.2) is 0 Å². The minimum Gasteiger partial charge on any atom is -0.378 e. The highest BCUT2D eigenvalue weighted by Crippen LogP contribution is 2.23. The smallest absolute Gasteiger partial charge is 0.104 e. The molecule has 0 saturated carbocycles. The SMILES string of the molecule is C1=Nc2cnccc2NC1. The predicted octanol–water partition coefficient (Wildman–Crippen LogP) is 1.21. The normalized spacial score (nSPS) is 14.0. The minimum atomic E-state index is 0.816. The first-order valence-electron chi connectivity index (χ1n) is 3.17. The molecule has 1 aliphatic rings. The Hall–Kier alpha value is -1.38. The maximum absolute atomic E-state index is 4.14. The molecule has 0 radical (unpaired) electrons. The highest BCUT2D eigenvalue weighted by atomic mass is 15.0. The molecule has 0 saturated heterocycles. The van der Waals surface area contributed by atoms with Crippen LogP contribution in [0.25, 0.3) is 0 Å². The summed E-state index contributed by atoms with van der Waals surface area (Å²) in [5.41, 5.74) is 1.99. The third-order valence-corrected chi connectivity index (χ3v) is 1.41. The molecular weight excluding hydrogens is 126 g/mol. The van der Waals surface area contributed by atoms with Gasteiger partial charge >= 0.3 is 0 Å². The number of rotatable bonds is 0. The van der Waals surface area contributed by atoms with Crippen molar-refractivity contribution in [1.29, 1.82) is 0 Å². The average molecular weight is 133 g/mol. The van der Waals surface area contributed by atoms with Crippen molar-refractivity contribution in [2.45, 2.75) is 0 Å². The van der Waals surface area contributed by atoms with Crippen molar-refractivity contribution in [1.82, 2.24) is 4.98 Å². The van der Waals surface area contributed by atoms with Gasteiger partial charge in [-0.15, -0.1) is 0 Å². The number of nitrogens with zero attached hydrogens (tertiary/aromatic N) is 2. The number of pyridine rings is 1. The van der Waals surface area contributed by atoms with Crippen molar-refractivity contribution in [3.05, 3.63) is 18.5 Å². The molecule has 0 spiro atoms. The number of anilines is 1. The number of fused-ring (bicyclic) bond motifs is 1. The van der Waals surface area contributed by atoms with Gasteiger partial charge in [0.25, 0.3) is 0 Å². The first-order chi connectivity index (χ1) is 4.97. The van der Waals surface area contributed by atoms with E-state index in [4.69, 9.17) is 0 Å². The summed E-state index contributed by atoms with van der Waals surface area (Å²) in [7, 11) is 0. The van der Waals surface area contributed by atoms with Crippen molar-refractivity contribution >= 4 is 17.6 Å². The number of hydrogen-bond acceptors (Lipinski definition) is 3. The van der Waals surface area contributed by atoms with E-state index in [9.17, 15) is 0 Å². The summed E-state index contributed by atoms with van der Waals surface area (Å²) in [5, 5.41) is 3.17. The largest absolute Gasteiger partial charge is 0.378 e. The van der Waals surface area contributed by atoms with Gasteiger partial charge < -0.3 is 5.32 Å². The molecule has 0 bridgehead atoms. The summed E-state index contributed by atoms with van der Waals surface area (Å²) in [6, 6.07) is 1.92. The molecule has 1 N–H and O–H groups in total. The molecule has 0 atom stereocenters. The van der Waals surface area contributed by atoms with Gasteiger partial charge in [-0.1, -0.05) is 0 Å². The molecule has 1 aliphatic heterocycles. The van der Waals surface area contributed by atoms with Crippen LogP contribution in [0, 0.1) is 0 Å². The van der Waals surface area contributed by atoms with Crippen LogP contribution in [0.15, 0.2) is 23.5 Å². The lowest BCUT2D eigenvalue weighted by molar-refractivity contribution is 1.26. The fourth-order valence-electron chi connectivity index (χ4n) is 0.938. The first-order valence-corrected chi connectivity index (χ1v) is 3.17. The summed E-state index contributed by atoms with van der Waals surface area (Å²) in [5.74, 6) is 0. The van der Waals surface area contributed by atoms with Crippen molar-refractivity contribution in [2.24, 2.45) is 4.99 Å². The van der Waals surface area contributed by atoms with Crippen LogP contribution < -0.4 is 5.32 Å². The highest BCUT2D eigenvalue weighted by molar-refractivity contribution is 5.79. The van der Waals surface area contributed by atoms with E-state index >= 15 is 0 Å². The van der Waals surface area contributed by atoms with Gasteiger partial charge in [-0.3, -0.25) is 9.98 Å². The zero-order valence-corrected chi connectivity index (χ0v) is 5.41. The molecule has 10 heavy (non-hydrogen) atoms. The Labute approximate surface area is 58.8 Å². The molecule has 0 amide bonds. The maximum atomic E-state index is 4.14. The molecule has 0 aromatic carbocycles. The van der Waals surface area contributed by atoms with Crippen LogP contribution in [-0.4, -0.2) is 17.7 Å². The third kappa shape index (κ3) is 0.757. The third-order valence-electron chi connectivity index (χ3n) is 1.41. The zero-order valence-electron chi connectivity index (χ0n) is 5.41. The van der Waals surface area contributed by atoms with E-state index < -0.39 is 0 Å². The molecule has 3 nitrogen and oxygen atoms in total. The Balaban J connectivity index is 2.54. The molecular formula is C7H7N3. The van der Waals surface area contributed by atoms with Crippen LogP contribution in [0.3, 0.4) is 0 Å². The molecule has 2 rings (SSSR count). The summed E-state index contributed by atoms with van der Waals surface area (Å²) >= 11 is 0. The van der Waals surface area contributed by atoms with Crippen molar-refractivity contribution in [3.8, 4) is 0 Å². The van der Waals surface area contributed by atoms with Crippen LogP contribution in [0.5, 0.6) is 0 Å². The van der Waals surface area contributed by atoms with E-state index in [0.29, 0.717) is 0 Å². The van der Waals surface area contributed by atoms with Gasteiger partial charge in [-0.25, -0.2) is 0 Å². The molecule has 3 heteroatoms. The molecule has 50 valence electrons. The molecule has 1 aromatic rings. The molecule has 0 unspecified atom stereocenters. The van der Waals surface area contributed by atoms with Gasteiger partial charge in [0, 0.05) is 12.4 Å². The van der Waals surface area contributed by atoms with Crippen LogP contribution in [0.1, 0.15) is 0 Å². The number of nitrogens with one attached hydrogen (secondary N) is 1. The first kappa shape index (κ1) is 5.41. The van der Waals surface area contributed by atoms with E-state index in [1.165, 1.54) is 0 Å². The summed E-state index contributed by atoms with van der Waals surface area (Å²) < 4.78 is 0. The fourth-order valence-corrected chi connectivity index (χ4v) is 0.938. The molecule has 0 fully saturated rings. The second-order valence-corrected chi connectivity index (χ2v) is 2.09. The predicted molar refractivity (Wildman–Crippen MR) is 40.9 cm³/mol. The van der Waals surface area contributed by atoms with Gasteiger partial charge in [0.1, 0.15) is 5.69 Å². The van der Waals surface area contributed by atoms with Crippen LogP contribution in [0.2, 0.25) is 0 Å². The van der Waals surface area contributed by atoms with Gasteiger partial charge in [-0.2, -0.15) is 0 Å². The van der Waals surface area contributed by atoms with Crippen LogP contribution >= 0.6 is 0 Å². The maximum Gasteiger partial charge on any atom is 0.104 e. The van der Waals surface area contributed by atoms with E-state index in [-0.39, 0.29) is 0 Å². The second kappa shape index (κ2) is 2.10. The molecule has 2 heterocycles. The average Bonchev–Trinajstić information content (AvgIpc) is 2.05. The van der Waals surface area contributed by atoms with Gasteiger partial charge in [0.05, 0.1) is 18.4 Å². The Morgan fingerprint density at radius 3 is 3.40 bits per heavy atom. The molecule has 0 aliphatic carbocycles. The van der Waals surface area contributed by atoms with E-state index in [0.717, 1.165) is 17.9 Å². The van der Waals surface area contributed by atoms with Crippen molar-refractivity contribution in [3.63, 3.8) is 0 Å². The zero-order chi connectivity index (χ0) is 6.81. The molecule has 1 aromatic heterocycles. The van der Waals surface area contributed by atoms with E-state index in [2.05, 4.69) is 15.3 Å². The topological polar surface area (TPSA) is 37.3 Å². The van der Waals surface area contributed by atoms with Crippen LogP contribution in [0.4, 0.5) is 11.4 Å². The lowest BCUT2D eigenvalue weighted by Gasteiger charge is -2.09. The fraction of sp³-hybridized carbons (Fsp3) is 0.143. The summed E-state index contributed by atoms with van der Waals surface area (Å²) in [4.78, 5) is 8.09. The second-order valence-electron chi connectivity index (χ2n) is 2.09. The standard InChI is InChI=1S/C7H7N3/c1-2-8-5-7-6(1)9-3-4-10-7/h1-2,4-5,9H,3H2. The highest BCUT2D eigenvalue weighted by Gasteiger charge is 2.01. The number of aliphatic imine (C=N–C) groups is 1. The number of aromatic nitrogens is 1. The van der Waals surface area contributed by atoms with E-state index in [1.807, 2.05) is 12.3 Å². The van der Waals surface area contributed by atoms with Crippen molar-refractivity contribution < 1.29 is 0 Å². The Morgan fingerprint density at radius 1 is 1.50 bits per heavy atom. The quantitative estimate of drug-likeness (QED) is 0.577. The summed E-state index contributed by atoms with van der Waals surface area (Å²) in [6.07, 6.45) is 5.34. The number of hydrogen-bond donors (Lipinski definition) is 1. The lowest BCUT2D eigenvalue weighted by atomic mass is 10.3.